The molecule has 1 fully saturated rings. The molecule has 0 N–H and O–H groups in total. The first-order valence-electron chi connectivity index (χ1n) is 6.80. The Morgan fingerprint density at radius 1 is 1.11 bits per heavy atom. The number of para-hydroxylation sites is 1. The summed E-state index contributed by atoms with van der Waals surface area (Å²) in [6.45, 7) is 5.39. The summed E-state index contributed by atoms with van der Waals surface area (Å²) in [6, 6.07) is 8.70. The summed E-state index contributed by atoms with van der Waals surface area (Å²) in [5, 5.41) is 0. The second kappa shape index (κ2) is 5.45. The van der Waals surface area contributed by atoms with Crippen molar-refractivity contribution in [3.63, 3.8) is 0 Å². The zero-order chi connectivity index (χ0) is 13.1. The van der Waals surface area contributed by atoms with Crippen molar-refractivity contribution >= 4 is 5.69 Å². The summed E-state index contributed by atoms with van der Waals surface area (Å²) < 4.78 is 2.12. The average Bonchev–Trinajstić information content (AvgIpc) is 2.93. The molecule has 0 spiro atoms. The third-order valence-electron chi connectivity index (χ3n) is 3.75. The molecule has 4 nitrogen and oxygen atoms in total. The molecule has 4 heteroatoms. The van der Waals surface area contributed by atoms with E-state index in [9.17, 15) is 0 Å². The molecule has 1 aliphatic heterocycles. The van der Waals surface area contributed by atoms with E-state index in [-0.39, 0.29) is 0 Å². The van der Waals surface area contributed by atoms with Crippen molar-refractivity contribution in [3.8, 4) is 0 Å². The van der Waals surface area contributed by atoms with Crippen LogP contribution in [0.1, 0.15) is 5.56 Å². The van der Waals surface area contributed by atoms with Gasteiger partial charge in [0.05, 0.1) is 12.9 Å². The molecule has 100 valence electrons. The van der Waals surface area contributed by atoms with Crippen LogP contribution < -0.4 is 4.90 Å². The molecule has 1 aromatic heterocycles. The lowest BCUT2D eigenvalue weighted by Crippen LogP contribution is -2.44. The fourth-order valence-electron chi connectivity index (χ4n) is 2.58. The summed E-state index contributed by atoms with van der Waals surface area (Å²) in [7, 11) is 2.19. The predicted molar refractivity (Wildman–Crippen MR) is 77.5 cm³/mol. The second-order valence-corrected chi connectivity index (χ2v) is 5.15. The molecule has 0 atom stereocenters. The quantitative estimate of drug-likeness (QED) is 0.835. The first kappa shape index (κ1) is 12.2. The summed E-state index contributed by atoms with van der Waals surface area (Å²) in [5.74, 6) is 0. The Morgan fingerprint density at radius 3 is 2.63 bits per heavy atom. The molecule has 2 aromatic rings. The maximum Gasteiger partial charge on any atom is 0.0949 e. The lowest BCUT2D eigenvalue weighted by Gasteiger charge is -2.35. The maximum absolute atomic E-state index is 4.11. The van der Waals surface area contributed by atoms with Gasteiger partial charge in [0.15, 0.2) is 0 Å². The molecule has 0 bridgehead atoms. The van der Waals surface area contributed by atoms with Crippen LogP contribution in [0.2, 0.25) is 0 Å². The van der Waals surface area contributed by atoms with Gasteiger partial charge in [-0.3, -0.25) is 0 Å². The molecule has 2 heterocycles. The summed E-state index contributed by atoms with van der Waals surface area (Å²) in [5.41, 5.74) is 2.73. The van der Waals surface area contributed by atoms with E-state index in [4.69, 9.17) is 0 Å². The van der Waals surface area contributed by atoms with Gasteiger partial charge < -0.3 is 14.4 Å². The van der Waals surface area contributed by atoms with Gasteiger partial charge in [0.2, 0.25) is 0 Å². The minimum atomic E-state index is 0.891. The van der Waals surface area contributed by atoms with Crippen LogP contribution in [0.15, 0.2) is 43.0 Å². The SMILES string of the molecule is CN1CCN(c2ccccc2Cn2ccnc2)CC1. The number of imidazole rings is 1. The van der Waals surface area contributed by atoms with Crippen LogP contribution >= 0.6 is 0 Å². The molecule has 0 radical (unpaired) electrons. The smallest absolute Gasteiger partial charge is 0.0949 e. The van der Waals surface area contributed by atoms with Crippen LogP contribution in [0.3, 0.4) is 0 Å². The van der Waals surface area contributed by atoms with Gasteiger partial charge in [0.25, 0.3) is 0 Å². The number of aromatic nitrogens is 2. The van der Waals surface area contributed by atoms with Crippen LogP contribution in [0.4, 0.5) is 5.69 Å². The highest BCUT2D eigenvalue weighted by molar-refractivity contribution is 5.54. The highest BCUT2D eigenvalue weighted by Gasteiger charge is 2.16. The molecule has 0 unspecified atom stereocenters. The first-order chi connectivity index (χ1) is 9.33. The lowest BCUT2D eigenvalue weighted by atomic mass is 10.1. The van der Waals surface area contributed by atoms with Crippen molar-refractivity contribution in [1.29, 1.82) is 0 Å². The lowest BCUT2D eigenvalue weighted by molar-refractivity contribution is 0.312. The number of rotatable bonds is 3. The number of anilines is 1. The Bertz CT molecular complexity index is 513. The van der Waals surface area contributed by atoms with Gasteiger partial charge >= 0.3 is 0 Å². The zero-order valence-corrected chi connectivity index (χ0v) is 11.4. The molecule has 1 aliphatic rings. The third-order valence-corrected chi connectivity index (χ3v) is 3.75. The van der Waals surface area contributed by atoms with Gasteiger partial charge in [-0.25, -0.2) is 4.98 Å². The summed E-state index contributed by atoms with van der Waals surface area (Å²) in [6.07, 6.45) is 5.72. The van der Waals surface area contributed by atoms with Gasteiger partial charge in [-0.1, -0.05) is 18.2 Å². The normalized spacial score (nSPS) is 16.8. The number of hydrogen-bond donors (Lipinski definition) is 0. The van der Waals surface area contributed by atoms with E-state index >= 15 is 0 Å². The molecule has 0 saturated carbocycles. The molecule has 1 saturated heterocycles. The Hall–Kier alpha value is -1.81. The van der Waals surface area contributed by atoms with E-state index in [1.165, 1.54) is 11.3 Å². The van der Waals surface area contributed by atoms with Crippen molar-refractivity contribution in [1.82, 2.24) is 14.5 Å². The van der Waals surface area contributed by atoms with Crippen molar-refractivity contribution in [2.24, 2.45) is 0 Å². The Labute approximate surface area is 114 Å². The van der Waals surface area contributed by atoms with E-state index in [2.05, 4.69) is 50.7 Å². The number of likely N-dealkylation sites (N-methyl/N-ethyl adjacent to an activating group) is 1. The zero-order valence-electron chi connectivity index (χ0n) is 11.4. The fourth-order valence-corrected chi connectivity index (χ4v) is 2.58. The monoisotopic (exact) mass is 256 g/mol. The van der Waals surface area contributed by atoms with E-state index in [0.29, 0.717) is 0 Å². The third kappa shape index (κ3) is 2.79. The van der Waals surface area contributed by atoms with Crippen molar-refractivity contribution in [2.75, 3.05) is 38.1 Å². The second-order valence-electron chi connectivity index (χ2n) is 5.15. The van der Waals surface area contributed by atoms with E-state index in [1.54, 1.807) is 0 Å². The fraction of sp³-hybridized carbons (Fsp3) is 0.400. The summed E-state index contributed by atoms with van der Waals surface area (Å²) in [4.78, 5) is 8.99. The Kier molecular flexibility index (Phi) is 3.51. The van der Waals surface area contributed by atoms with Crippen LogP contribution in [-0.2, 0) is 6.54 Å². The van der Waals surface area contributed by atoms with E-state index in [1.807, 2.05) is 18.7 Å². The van der Waals surface area contributed by atoms with Gasteiger partial charge in [-0.05, 0) is 18.7 Å². The van der Waals surface area contributed by atoms with Crippen LogP contribution in [0.25, 0.3) is 0 Å². The molecular formula is C15H20N4. The minimum absolute atomic E-state index is 0.891. The van der Waals surface area contributed by atoms with Crippen molar-refractivity contribution < 1.29 is 0 Å². The number of benzene rings is 1. The molecule has 0 amide bonds. The minimum Gasteiger partial charge on any atom is -0.369 e. The highest BCUT2D eigenvalue weighted by Crippen LogP contribution is 2.22. The average molecular weight is 256 g/mol. The van der Waals surface area contributed by atoms with Gasteiger partial charge in [0.1, 0.15) is 0 Å². The molecule has 0 aliphatic carbocycles. The molecular weight excluding hydrogens is 236 g/mol. The van der Waals surface area contributed by atoms with Crippen LogP contribution in [-0.4, -0.2) is 47.7 Å². The van der Waals surface area contributed by atoms with E-state index in [0.717, 1.165) is 32.7 Å². The number of hydrogen-bond acceptors (Lipinski definition) is 3. The highest BCUT2D eigenvalue weighted by atomic mass is 15.2. The van der Waals surface area contributed by atoms with Gasteiger partial charge in [0, 0.05) is 44.3 Å². The Balaban J connectivity index is 1.81. The van der Waals surface area contributed by atoms with E-state index < -0.39 is 0 Å². The van der Waals surface area contributed by atoms with Gasteiger partial charge in [-0.2, -0.15) is 0 Å². The standard InChI is InChI=1S/C15H20N4/c1-17-8-10-19(11-9-17)15-5-3-2-4-14(15)12-18-7-6-16-13-18/h2-7,13H,8-12H2,1H3. The number of piperazine rings is 1. The number of nitrogens with zero attached hydrogens (tertiary/aromatic N) is 4. The first-order valence-corrected chi connectivity index (χ1v) is 6.80. The maximum atomic E-state index is 4.11. The molecule has 3 rings (SSSR count). The summed E-state index contributed by atoms with van der Waals surface area (Å²) >= 11 is 0. The topological polar surface area (TPSA) is 24.3 Å². The largest absolute Gasteiger partial charge is 0.369 e. The molecule has 1 aromatic carbocycles. The predicted octanol–water partition coefficient (Wildman–Crippen LogP) is 1.68. The van der Waals surface area contributed by atoms with Crippen molar-refractivity contribution in [2.45, 2.75) is 6.54 Å². The molecule has 19 heavy (non-hydrogen) atoms. The van der Waals surface area contributed by atoms with Crippen LogP contribution in [0, 0.1) is 0 Å². The van der Waals surface area contributed by atoms with Crippen LogP contribution in [0.5, 0.6) is 0 Å². The Morgan fingerprint density at radius 2 is 1.89 bits per heavy atom. The van der Waals surface area contributed by atoms with Gasteiger partial charge in [-0.15, -0.1) is 0 Å². The van der Waals surface area contributed by atoms with Crippen molar-refractivity contribution in [3.05, 3.63) is 48.5 Å².